The van der Waals surface area contributed by atoms with Gasteiger partial charge in [-0.1, -0.05) is 0 Å². The summed E-state index contributed by atoms with van der Waals surface area (Å²) in [5.41, 5.74) is 7.87. The van der Waals surface area contributed by atoms with Crippen molar-refractivity contribution in [2.24, 2.45) is 0 Å². The van der Waals surface area contributed by atoms with E-state index in [0.717, 1.165) is 25.3 Å². The molecule has 17 heavy (non-hydrogen) atoms. The third-order valence-corrected chi connectivity index (χ3v) is 3.51. The zero-order valence-corrected chi connectivity index (χ0v) is 9.93. The number of nitrogens with two attached hydrogens (primary N) is 1. The third-order valence-electron chi connectivity index (χ3n) is 3.51. The molecule has 3 nitrogen and oxygen atoms in total. The number of fused-ring (bicyclic) bond motifs is 1. The highest BCUT2D eigenvalue weighted by Crippen LogP contribution is 2.21. The van der Waals surface area contributed by atoms with Crippen LogP contribution in [0.15, 0.2) is 30.5 Å². The lowest BCUT2D eigenvalue weighted by Crippen LogP contribution is -2.09. The molecule has 1 saturated heterocycles. The van der Waals surface area contributed by atoms with Crippen LogP contribution in [0.4, 0.5) is 5.69 Å². The van der Waals surface area contributed by atoms with E-state index in [1.807, 2.05) is 12.1 Å². The number of nitrogens with zero attached hydrogens (tertiary/aromatic N) is 1. The van der Waals surface area contributed by atoms with Gasteiger partial charge in [-0.15, -0.1) is 0 Å². The van der Waals surface area contributed by atoms with E-state index in [4.69, 9.17) is 10.5 Å². The summed E-state index contributed by atoms with van der Waals surface area (Å²) in [6.45, 7) is 1.96. The quantitative estimate of drug-likeness (QED) is 0.824. The van der Waals surface area contributed by atoms with Gasteiger partial charge >= 0.3 is 0 Å². The average molecular weight is 230 g/mol. The summed E-state index contributed by atoms with van der Waals surface area (Å²) in [5.74, 6) is 0. The van der Waals surface area contributed by atoms with Gasteiger partial charge in [-0.2, -0.15) is 0 Å². The number of aromatic nitrogens is 1. The SMILES string of the molecule is Nc1ccc2c(ccn2CCC2CCCO2)c1. The van der Waals surface area contributed by atoms with Gasteiger partial charge in [-0.3, -0.25) is 0 Å². The van der Waals surface area contributed by atoms with Crippen molar-refractivity contribution in [3.8, 4) is 0 Å². The van der Waals surface area contributed by atoms with E-state index in [1.54, 1.807) is 0 Å². The van der Waals surface area contributed by atoms with Gasteiger partial charge in [0.2, 0.25) is 0 Å². The second-order valence-electron chi connectivity index (χ2n) is 4.75. The van der Waals surface area contributed by atoms with Crippen LogP contribution in [-0.4, -0.2) is 17.3 Å². The zero-order chi connectivity index (χ0) is 11.7. The molecule has 1 fully saturated rings. The number of nitrogen functional groups attached to an aromatic ring is 1. The van der Waals surface area contributed by atoms with Crippen molar-refractivity contribution in [3.63, 3.8) is 0 Å². The van der Waals surface area contributed by atoms with E-state index in [9.17, 15) is 0 Å². The molecule has 2 heterocycles. The van der Waals surface area contributed by atoms with Crippen LogP contribution in [-0.2, 0) is 11.3 Å². The predicted molar refractivity (Wildman–Crippen MR) is 69.9 cm³/mol. The van der Waals surface area contributed by atoms with Gasteiger partial charge < -0.3 is 15.0 Å². The molecule has 2 N–H and O–H groups in total. The second kappa shape index (κ2) is 4.41. The first kappa shape index (κ1) is 10.7. The molecule has 1 aromatic heterocycles. The molecule has 1 unspecified atom stereocenters. The molecule has 1 aromatic carbocycles. The number of benzene rings is 1. The Hall–Kier alpha value is -1.48. The minimum atomic E-state index is 0.459. The molecule has 0 aliphatic carbocycles. The van der Waals surface area contributed by atoms with Crippen molar-refractivity contribution < 1.29 is 4.74 Å². The van der Waals surface area contributed by atoms with Crippen LogP contribution in [0.2, 0.25) is 0 Å². The highest BCUT2D eigenvalue weighted by molar-refractivity contribution is 5.83. The maximum Gasteiger partial charge on any atom is 0.0593 e. The van der Waals surface area contributed by atoms with Crippen LogP contribution in [0, 0.1) is 0 Å². The number of rotatable bonds is 3. The second-order valence-corrected chi connectivity index (χ2v) is 4.75. The van der Waals surface area contributed by atoms with Crippen LogP contribution in [0.25, 0.3) is 10.9 Å². The van der Waals surface area contributed by atoms with Crippen molar-refractivity contribution in [3.05, 3.63) is 30.5 Å². The third kappa shape index (κ3) is 2.15. The molecule has 3 heteroatoms. The minimum absolute atomic E-state index is 0.459. The number of anilines is 1. The maximum atomic E-state index is 5.78. The van der Waals surface area contributed by atoms with Crippen molar-refractivity contribution in [2.45, 2.75) is 31.9 Å². The fourth-order valence-electron chi connectivity index (χ4n) is 2.57. The Morgan fingerprint density at radius 3 is 3.12 bits per heavy atom. The highest BCUT2D eigenvalue weighted by atomic mass is 16.5. The number of aryl methyl sites for hydroxylation is 1. The van der Waals surface area contributed by atoms with E-state index in [0.29, 0.717) is 6.10 Å². The molecule has 2 aromatic rings. The Morgan fingerprint density at radius 2 is 2.29 bits per heavy atom. The molecule has 0 radical (unpaired) electrons. The average Bonchev–Trinajstić information content (AvgIpc) is 2.94. The van der Waals surface area contributed by atoms with E-state index in [1.165, 1.54) is 23.7 Å². The molecule has 0 bridgehead atoms. The molecule has 1 aliphatic heterocycles. The monoisotopic (exact) mass is 230 g/mol. The Bertz CT molecular complexity index is 512. The van der Waals surface area contributed by atoms with Crippen molar-refractivity contribution >= 4 is 16.6 Å². The van der Waals surface area contributed by atoms with Gasteiger partial charge in [-0.05, 0) is 43.5 Å². The Balaban J connectivity index is 1.76. The first-order chi connectivity index (χ1) is 8.33. The van der Waals surface area contributed by atoms with Crippen molar-refractivity contribution in [2.75, 3.05) is 12.3 Å². The molecule has 1 aliphatic rings. The zero-order valence-electron chi connectivity index (χ0n) is 9.93. The molecule has 0 amide bonds. The van der Waals surface area contributed by atoms with Crippen LogP contribution in [0.1, 0.15) is 19.3 Å². The first-order valence-corrected chi connectivity index (χ1v) is 6.29. The molecule has 0 spiro atoms. The van der Waals surface area contributed by atoms with E-state index >= 15 is 0 Å². The summed E-state index contributed by atoms with van der Waals surface area (Å²) in [5, 5.41) is 1.22. The molecule has 90 valence electrons. The van der Waals surface area contributed by atoms with Gasteiger partial charge in [0, 0.05) is 35.9 Å². The van der Waals surface area contributed by atoms with Gasteiger partial charge in [-0.25, -0.2) is 0 Å². The van der Waals surface area contributed by atoms with Crippen LogP contribution in [0.3, 0.4) is 0 Å². The van der Waals surface area contributed by atoms with E-state index < -0.39 is 0 Å². The molecule has 1 atom stereocenters. The van der Waals surface area contributed by atoms with Crippen molar-refractivity contribution in [1.29, 1.82) is 0 Å². The number of ether oxygens (including phenoxy) is 1. The summed E-state index contributed by atoms with van der Waals surface area (Å²) in [6, 6.07) is 8.21. The van der Waals surface area contributed by atoms with Gasteiger partial charge in [0.25, 0.3) is 0 Å². The summed E-state index contributed by atoms with van der Waals surface area (Å²) >= 11 is 0. The molecular formula is C14H18N2O. The standard InChI is InChI=1S/C14H18N2O/c15-12-3-4-14-11(10-12)5-7-16(14)8-6-13-2-1-9-17-13/h3-5,7,10,13H,1-2,6,8-9,15H2. The van der Waals surface area contributed by atoms with Crippen LogP contribution < -0.4 is 5.73 Å². The number of hydrogen-bond acceptors (Lipinski definition) is 2. The molecule has 0 saturated carbocycles. The lowest BCUT2D eigenvalue weighted by molar-refractivity contribution is 0.101. The lowest BCUT2D eigenvalue weighted by Gasteiger charge is -2.10. The topological polar surface area (TPSA) is 40.2 Å². The van der Waals surface area contributed by atoms with Gasteiger partial charge in [0.05, 0.1) is 6.10 Å². The Kier molecular flexibility index (Phi) is 2.77. The summed E-state index contributed by atoms with van der Waals surface area (Å²) in [4.78, 5) is 0. The highest BCUT2D eigenvalue weighted by Gasteiger charge is 2.15. The van der Waals surface area contributed by atoms with Crippen LogP contribution in [0.5, 0.6) is 0 Å². The van der Waals surface area contributed by atoms with E-state index in [-0.39, 0.29) is 0 Å². The normalized spacial score (nSPS) is 20.1. The largest absolute Gasteiger partial charge is 0.399 e. The maximum absolute atomic E-state index is 5.78. The van der Waals surface area contributed by atoms with Crippen molar-refractivity contribution in [1.82, 2.24) is 4.57 Å². The van der Waals surface area contributed by atoms with Gasteiger partial charge in [0.1, 0.15) is 0 Å². The minimum Gasteiger partial charge on any atom is -0.399 e. The molecule has 3 rings (SSSR count). The van der Waals surface area contributed by atoms with E-state index in [2.05, 4.69) is 22.9 Å². The summed E-state index contributed by atoms with van der Waals surface area (Å²) in [6.07, 6.45) is 6.13. The fourth-order valence-corrected chi connectivity index (χ4v) is 2.57. The Morgan fingerprint density at radius 1 is 1.35 bits per heavy atom. The smallest absolute Gasteiger partial charge is 0.0593 e. The first-order valence-electron chi connectivity index (χ1n) is 6.29. The van der Waals surface area contributed by atoms with Crippen LogP contribution >= 0.6 is 0 Å². The Labute approximate surface area is 101 Å². The fraction of sp³-hybridized carbons (Fsp3) is 0.429. The lowest BCUT2D eigenvalue weighted by atomic mass is 10.2. The summed E-state index contributed by atoms with van der Waals surface area (Å²) < 4.78 is 7.94. The predicted octanol–water partition coefficient (Wildman–Crippen LogP) is 2.79. The van der Waals surface area contributed by atoms with Gasteiger partial charge in [0.15, 0.2) is 0 Å². The summed E-state index contributed by atoms with van der Waals surface area (Å²) in [7, 11) is 0. The molecular weight excluding hydrogens is 212 g/mol. The number of hydrogen-bond donors (Lipinski definition) is 1.